The molecule has 0 aromatic rings. The number of nitrogens with one attached hydrogen (secondary N) is 1. The first-order valence-electron chi connectivity index (χ1n) is 8.44. The van der Waals surface area contributed by atoms with Gasteiger partial charge in [0.2, 0.25) is 0 Å². The summed E-state index contributed by atoms with van der Waals surface area (Å²) in [5.74, 6) is 1.69. The lowest BCUT2D eigenvalue weighted by atomic mass is 9.86. The first kappa shape index (κ1) is 16.3. The first-order chi connectivity index (χ1) is 9.49. The Balaban J connectivity index is 1.86. The van der Waals surface area contributed by atoms with Gasteiger partial charge < -0.3 is 5.32 Å². The van der Waals surface area contributed by atoms with E-state index >= 15 is 0 Å². The third kappa shape index (κ3) is 5.03. The lowest BCUT2D eigenvalue weighted by molar-refractivity contribution is 0.291. The maximum absolute atomic E-state index is 12.0. The van der Waals surface area contributed by atoms with Crippen LogP contribution < -0.4 is 5.32 Å². The Labute approximate surface area is 124 Å². The second kappa shape index (κ2) is 7.26. The van der Waals surface area contributed by atoms with Crippen molar-refractivity contribution < 1.29 is 8.42 Å². The molecule has 118 valence electrons. The minimum atomic E-state index is -2.87. The predicted molar refractivity (Wildman–Crippen MR) is 84.6 cm³/mol. The van der Waals surface area contributed by atoms with Crippen LogP contribution in [0.1, 0.15) is 65.2 Å². The fourth-order valence-corrected chi connectivity index (χ4v) is 4.37. The van der Waals surface area contributed by atoms with Gasteiger partial charge in [-0.15, -0.1) is 0 Å². The third-order valence-corrected chi connectivity index (χ3v) is 7.30. The SMILES string of the molecule is CC(C)S(=O)(=O)CCC1CCCCCC1CNC1CC1. The number of hydrogen-bond donors (Lipinski definition) is 1. The zero-order chi connectivity index (χ0) is 14.6. The Kier molecular flexibility index (Phi) is 5.91. The van der Waals surface area contributed by atoms with E-state index in [0.717, 1.165) is 19.0 Å². The molecule has 2 aliphatic carbocycles. The Morgan fingerprint density at radius 3 is 2.25 bits per heavy atom. The summed E-state index contributed by atoms with van der Waals surface area (Å²) in [5, 5.41) is 3.43. The van der Waals surface area contributed by atoms with Crippen molar-refractivity contribution in [2.24, 2.45) is 11.8 Å². The summed E-state index contributed by atoms with van der Waals surface area (Å²) in [6.07, 6.45) is 9.98. The lowest BCUT2D eigenvalue weighted by Gasteiger charge is -2.26. The number of rotatable bonds is 7. The molecule has 2 fully saturated rings. The van der Waals surface area contributed by atoms with E-state index in [-0.39, 0.29) is 5.25 Å². The minimum Gasteiger partial charge on any atom is -0.314 e. The zero-order valence-corrected chi connectivity index (χ0v) is 13.9. The average Bonchev–Trinajstić information content (AvgIpc) is 3.21. The highest BCUT2D eigenvalue weighted by atomic mass is 32.2. The summed E-state index contributed by atoms with van der Waals surface area (Å²) < 4.78 is 24.1. The molecule has 0 radical (unpaired) electrons. The quantitative estimate of drug-likeness (QED) is 0.735. The van der Waals surface area contributed by atoms with Crippen LogP contribution in [0.3, 0.4) is 0 Å². The van der Waals surface area contributed by atoms with Gasteiger partial charge in [-0.2, -0.15) is 0 Å². The smallest absolute Gasteiger partial charge is 0.152 e. The van der Waals surface area contributed by atoms with Gasteiger partial charge in [0.1, 0.15) is 0 Å². The molecule has 2 unspecified atom stereocenters. The fraction of sp³-hybridized carbons (Fsp3) is 1.00. The summed E-state index contributed by atoms with van der Waals surface area (Å²) in [6.45, 7) is 4.71. The Hall–Kier alpha value is -0.0900. The van der Waals surface area contributed by atoms with Gasteiger partial charge in [-0.25, -0.2) is 8.42 Å². The highest BCUT2D eigenvalue weighted by Gasteiger charge is 2.28. The Bertz CT molecular complexity index is 387. The molecule has 4 heteroatoms. The van der Waals surface area contributed by atoms with Crippen molar-refractivity contribution in [2.45, 2.75) is 76.5 Å². The van der Waals surface area contributed by atoms with Crippen molar-refractivity contribution in [1.82, 2.24) is 5.32 Å². The van der Waals surface area contributed by atoms with E-state index in [0.29, 0.717) is 17.6 Å². The van der Waals surface area contributed by atoms with Crippen molar-refractivity contribution in [1.29, 1.82) is 0 Å². The largest absolute Gasteiger partial charge is 0.314 e. The zero-order valence-electron chi connectivity index (χ0n) is 13.1. The van der Waals surface area contributed by atoms with Crippen molar-refractivity contribution in [3.63, 3.8) is 0 Å². The summed E-state index contributed by atoms with van der Waals surface area (Å²) in [6, 6.07) is 0.762. The van der Waals surface area contributed by atoms with Crippen molar-refractivity contribution in [3.8, 4) is 0 Å². The van der Waals surface area contributed by atoms with Gasteiger partial charge >= 0.3 is 0 Å². The van der Waals surface area contributed by atoms with Crippen molar-refractivity contribution in [3.05, 3.63) is 0 Å². The van der Waals surface area contributed by atoms with E-state index in [2.05, 4.69) is 5.32 Å². The molecule has 0 heterocycles. The summed E-state index contributed by atoms with van der Waals surface area (Å²) >= 11 is 0. The summed E-state index contributed by atoms with van der Waals surface area (Å²) in [7, 11) is -2.87. The normalized spacial score (nSPS) is 28.6. The van der Waals surface area contributed by atoms with Gasteiger partial charge in [0, 0.05) is 6.04 Å². The molecule has 2 rings (SSSR count). The van der Waals surface area contributed by atoms with E-state index in [1.165, 1.54) is 44.9 Å². The molecule has 2 saturated carbocycles. The van der Waals surface area contributed by atoms with E-state index in [4.69, 9.17) is 0 Å². The molecule has 0 aliphatic heterocycles. The summed E-state index contributed by atoms with van der Waals surface area (Å²) in [5.41, 5.74) is 0. The van der Waals surface area contributed by atoms with Crippen LogP contribution in [0.2, 0.25) is 0 Å². The van der Waals surface area contributed by atoms with Crippen LogP contribution in [0.25, 0.3) is 0 Å². The minimum absolute atomic E-state index is 0.226. The molecule has 0 bridgehead atoms. The topological polar surface area (TPSA) is 46.2 Å². The number of sulfone groups is 1. The monoisotopic (exact) mass is 301 g/mol. The van der Waals surface area contributed by atoms with Gasteiger partial charge in [-0.05, 0) is 57.9 Å². The van der Waals surface area contributed by atoms with Crippen LogP contribution in [0, 0.1) is 11.8 Å². The lowest BCUT2D eigenvalue weighted by Crippen LogP contribution is -2.30. The highest BCUT2D eigenvalue weighted by molar-refractivity contribution is 7.91. The van der Waals surface area contributed by atoms with Crippen LogP contribution in [-0.4, -0.2) is 32.0 Å². The molecule has 0 spiro atoms. The molecule has 3 nitrogen and oxygen atoms in total. The molecule has 0 amide bonds. The predicted octanol–water partition coefficient (Wildman–Crippen LogP) is 3.15. The second-order valence-corrected chi connectivity index (χ2v) is 9.72. The molecular formula is C16H31NO2S. The van der Waals surface area contributed by atoms with Crippen LogP contribution in [-0.2, 0) is 9.84 Å². The highest BCUT2D eigenvalue weighted by Crippen LogP contribution is 2.32. The molecule has 2 aliphatic rings. The van der Waals surface area contributed by atoms with E-state index < -0.39 is 9.84 Å². The van der Waals surface area contributed by atoms with Crippen LogP contribution >= 0.6 is 0 Å². The van der Waals surface area contributed by atoms with Gasteiger partial charge in [0.25, 0.3) is 0 Å². The average molecular weight is 301 g/mol. The summed E-state index contributed by atoms with van der Waals surface area (Å²) in [4.78, 5) is 0. The molecule has 20 heavy (non-hydrogen) atoms. The third-order valence-electron chi connectivity index (χ3n) is 5.05. The van der Waals surface area contributed by atoms with Crippen LogP contribution in [0.4, 0.5) is 0 Å². The van der Waals surface area contributed by atoms with Gasteiger partial charge in [0.15, 0.2) is 9.84 Å². The first-order valence-corrected chi connectivity index (χ1v) is 10.2. The molecule has 2 atom stereocenters. The van der Waals surface area contributed by atoms with Crippen LogP contribution in [0.15, 0.2) is 0 Å². The molecule has 0 aromatic heterocycles. The van der Waals surface area contributed by atoms with Crippen LogP contribution in [0.5, 0.6) is 0 Å². The second-order valence-electron chi connectivity index (χ2n) is 7.05. The molecule has 0 saturated heterocycles. The molecule has 0 aromatic carbocycles. The molecule has 1 N–H and O–H groups in total. The van der Waals surface area contributed by atoms with Crippen molar-refractivity contribution in [2.75, 3.05) is 12.3 Å². The van der Waals surface area contributed by atoms with Crippen molar-refractivity contribution >= 4 is 9.84 Å². The van der Waals surface area contributed by atoms with E-state index in [1.54, 1.807) is 13.8 Å². The Morgan fingerprint density at radius 2 is 1.65 bits per heavy atom. The van der Waals surface area contributed by atoms with Gasteiger partial charge in [0.05, 0.1) is 11.0 Å². The fourth-order valence-electron chi connectivity index (χ4n) is 3.27. The van der Waals surface area contributed by atoms with E-state index in [1.807, 2.05) is 0 Å². The standard InChI is InChI=1S/C16H31NO2S/c1-13(2)20(18,19)11-10-14-6-4-3-5-7-15(14)12-17-16-8-9-16/h13-17H,3-12H2,1-2H3. The van der Waals surface area contributed by atoms with Gasteiger partial charge in [-0.1, -0.05) is 25.7 Å². The Morgan fingerprint density at radius 1 is 1.00 bits per heavy atom. The van der Waals surface area contributed by atoms with Gasteiger partial charge in [-0.3, -0.25) is 0 Å². The molecular weight excluding hydrogens is 270 g/mol. The number of hydrogen-bond acceptors (Lipinski definition) is 3. The maximum Gasteiger partial charge on any atom is 0.152 e. The van der Waals surface area contributed by atoms with E-state index in [9.17, 15) is 8.42 Å². The maximum atomic E-state index is 12.0.